The molecule has 0 unspecified atom stereocenters. The fourth-order valence-electron chi connectivity index (χ4n) is 3.58. The van der Waals surface area contributed by atoms with Gasteiger partial charge in [-0.05, 0) is 42.3 Å². The third kappa shape index (κ3) is 3.04. The normalized spacial score (nSPS) is 15.9. The number of nitriles is 1. The smallest absolute Gasteiger partial charge is 0.316 e. The molecule has 0 aliphatic carbocycles. The number of anilines is 1. The van der Waals surface area contributed by atoms with Crippen LogP contribution in [0.3, 0.4) is 0 Å². The first-order valence-electron chi connectivity index (χ1n) is 9.32. The summed E-state index contributed by atoms with van der Waals surface area (Å²) < 4.78 is 19.8. The molecular formula is C21H15FN6O2. The van der Waals surface area contributed by atoms with E-state index in [9.17, 15) is 9.18 Å². The van der Waals surface area contributed by atoms with Gasteiger partial charge in [0.05, 0.1) is 22.9 Å². The average molecular weight is 402 g/mol. The highest BCUT2D eigenvalue weighted by atomic mass is 19.1. The standard InChI is InChI=1S/C21H15FN6O2/c22-13-5-6-15-14(9-13)17(18(25-15)12-3-1-11(10-23)2-4-12)20-27-28-21(30-20)26-16-7-8-24-19(16)29/h1-6,9,16,25H,7-8H2,(H,24,29)(H,26,28)/t16-/m0/s1. The van der Waals surface area contributed by atoms with Crippen molar-refractivity contribution in [2.45, 2.75) is 12.5 Å². The minimum Gasteiger partial charge on any atom is -0.403 e. The Morgan fingerprint density at radius 1 is 1.20 bits per heavy atom. The van der Waals surface area contributed by atoms with E-state index >= 15 is 0 Å². The summed E-state index contributed by atoms with van der Waals surface area (Å²) in [6.45, 7) is 0.585. The zero-order valence-electron chi connectivity index (χ0n) is 15.6. The quantitative estimate of drug-likeness (QED) is 0.482. The maximum atomic E-state index is 14.0. The third-order valence-corrected chi connectivity index (χ3v) is 5.05. The number of amides is 1. The molecule has 1 aliphatic heterocycles. The van der Waals surface area contributed by atoms with Crippen LogP contribution in [0.2, 0.25) is 0 Å². The van der Waals surface area contributed by atoms with Crippen molar-refractivity contribution in [2.24, 2.45) is 0 Å². The van der Waals surface area contributed by atoms with Crippen molar-refractivity contribution in [3.05, 3.63) is 53.8 Å². The summed E-state index contributed by atoms with van der Waals surface area (Å²) >= 11 is 0. The molecule has 9 heteroatoms. The van der Waals surface area contributed by atoms with E-state index in [-0.39, 0.29) is 17.8 Å². The van der Waals surface area contributed by atoms with Gasteiger partial charge in [-0.2, -0.15) is 5.26 Å². The highest BCUT2D eigenvalue weighted by Crippen LogP contribution is 2.38. The molecule has 0 saturated carbocycles. The van der Waals surface area contributed by atoms with E-state index in [4.69, 9.17) is 9.68 Å². The van der Waals surface area contributed by atoms with Gasteiger partial charge >= 0.3 is 6.01 Å². The second-order valence-corrected chi connectivity index (χ2v) is 6.94. The molecule has 1 saturated heterocycles. The lowest BCUT2D eigenvalue weighted by molar-refractivity contribution is -0.119. The molecule has 0 radical (unpaired) electrons. The van der Waals surface area contributed by atoms with Crippen molar-refractivity contribution in [1.82, 2.24) is 20.5 Å². The van der Waals surface area contributed by atoms with E-state index in [2.05, 4.69) is 31.9 Å². The van der Waals surface area contributed by atoms with Crippen molar-refractivity contribution in [2.75, 3.05) is 11.9 Å². The predicted molar refractivity (Wildman–Crippen MR) is 107 cm³/mol. The van der Waals surface area contributed by atoms with Gasteiger partial charge in [0.15, 0.2) is 0 Å². The molecule has 2 aromatic heterocycles. The van der Waals surface area contributed by atoms with E-state index in [0.29, 0.717) is 40.7 Å². The molecule has 8 nitrogen and oxygen atoms in total. The van der Waals surface area contributed by atoms with Gasteiger partial charge in [0.2, 0.25) is 5.91 Å². The number of carbonyl (C=O) groups excluding carboxylic acids is 1. The Labute approximate surface area is 169 Å². The highest BCUT2D eigenvalue weighted by molar-refractivity contribution is 6.02. The van der Waals surface area contributed by atoms with Crippen LogP contribution in [-0.4, -0.2) is 33.7 Å². The van der Waals surface area contributed by atoms with E-state index in [1.54, 1.807) is 30.3 Å². The molecule has 1 atom stereocenters. The van der Waals surface area contributed by atoms with Crippen LogP contribution in [0.5, 0.6) is 0 Å². The molecule has 30 heavy (non-hydrogen) atoms. The van der Waals surface area contributed by atoms with Crippen LogP contribution in [0.25, 0.3) is 33.6 Å². The Hall–Kier alpha value is -4.19. The number of rotatable bonds is 4. The summed E-state index contributed by atoms with van der Waals surface area (Å²) in [5, 5.41) is 23.4. The Bertz CT molecular complexity index is 1300. The first-order valence-corrected chi connectivity index (χ1v) is 9.32. The van der Waals surface area contributed by atoms with Crippen LogP contribution in [-0.2, 0) is 4.79 Å². The first kappa shape index (κ1) is 17.9. The number of carbonyl (C=O) groups is 1. The van der Waals surface area contributed by atoms with E-state index in [1.165, 1.54) is 12.1 Å². The van der Waals surface area contributed by atoms with Gasteiger partial charge in [-0.25, -0.2) is 4.39 Å². The Morgan fingerprint density at radius 3 is 2.77 bits per heavy atom. The minimum absolute atomic E-state index is 0.114. The predicted octanol–water partition coefficient (Wildman–Crippen LogP) is 3.20. The number of benzene rings is 2. The molecule has 148 valence electrons. The fourth-order valence-corrected chi connectivity index (χ4v) is 3.58. The van der Waals surface area contributed by atoms with Crippen molar-refractivity contribution >= 4 is 22.8 Å². The van der Waals surface area contributed by atoms with Crippen LogP contribution in [0.1, 0.15) is 12.0 Å². The number of fused-ring (bicyclic) bond motifs is 1. The Kier molecular flexibility index (Phi) is 4.17. The van der Waals surface area contributed by atoms with Crippen LogP contribution in [0, 0.1) is 17.1 Å². The summed E-state index contributed by atoms with van der Waals surface area (Å²) in [5.41, 5.74) is 3.22. The molecule has 0 spiro atoms. The van der Waals surface area contributed by atoms with Crippen LogP contribution >= 0.6 is 0 Å². The minimum atomic E-state index is -0.434. The summed E-state index contributed by atoms with van der Waals surface area (Å²) in [7, 11) is 0. The fraction of sp³-hybridized carbons (Fsp3) is 0.143. The maximum Gasteiger partial charge on any atom is 0.316 e. The third-order valence-electron chi connectivity index (χ3n) is 5.05. The monoisotopic (exact) mass is 402 g/mol. The highest BCUT2D eigenvalue weighted by Gasteiger charge is 2.26. The molecular weight excluding hydrogens is 387 g/mol. The molecule has 1 aliphatic rings. The van der Waals surface area contributed by atoms with Gasteiger partial charge in [0, 0.05) is 17.4 Å². The number of nitrogens with one attached hydrogen (secondary N) is 3. The van der Waals surface area contributed by atoms with Gasteiger partial charge in [0.25, 0.3) is 5.89 Å². The lowest BCUT2D eigenvalue weighted by atomic mass is 10.0. The molecule has 4 aromatic rings. The van der Waals surface area contributed by atoms with Crippen molar-refractivity contribution < 1.29 is 13.6 Å². The average Bonchev–Trinajstić information content (AvgIpc) is 3.47. The largest absolute Gasteiger partial charge is 0.403 e. The summed E-state index contributed by atoms with van der Waals surface area (Å²) in [6, 6.07) is 13.2. The topological polar surface area (TPSA) is 120 Å². The number of aromatic nitrogens is 3. The molecule has 1 amide bonds. The first-order chi connectivity index (χ1) is 14.6. The van der Waals surface area contributed by atoms with E-state index in [1.807, 2.05) is 0 Å². The van der Waals surface area contributed by atoms with Crippen molar-refractivity contribution in [3.63, 3.8) is 0 Å². The van der Waals surface area contributed by atoms with E-state index in [0.717, 1.165) is 5.56 Å². The number of H-pyrrole nitrogens is 1. The maximum absolute atomic E-state index is 14.0. The molecule has 0 bridgehead atoms. The second-order valence-electron chi connectivity index (χ2n) is 6.94. The zero-order valence-corrected chi connectivity index (χ0v) is 15.6. The van der Waals surface area contributed by atoms with Crippen LogP contribution in [0.4, 0.5) is 10.4 Å². The van der Waals surface area contributed by atoms with Gasteiger partial charge in [0.1, 0.15) is 11.9 Å². The molecule has 5 rings (SSSR count). The van der Waals surface area contributed by atoms with Gasteiger partial charge in [-0.15, -0.1) is 5.10 Å². The van der Waals surface area contributed by atoms with Crippen molar-refractivity contribution in [1.29, 1.82) is 5.26 Å². The lowest BCUT2D eigenvalue weighted by Crippen LogP contribution is -2.29. The summed E-state index contributed by atoms with van der Waals surface area (Å²) in [6.07, 6.45) is 0.616. The number of halogens is 1. The number of hydrogen-bond donors (Lipinski definition) is 3. The van der Waals surface area contributed by atoms with Crippen LogP contribution in [0.15, 0.2) is 46.9 Å². The summed E-state index contributed by atoms with van der Waals surface area (Å²) in [4.78, 5) is 15.1. The summed E-state index contributed by atoms with van der Waals surface area (Å²) in [5.74, 6) is -0.330. The Morgan fingerprint density at radius 2 is 2.03 bits per heavy atom. The number of nitrogens with zero attached hydrogens (tertiary/aromatic N) is 3. The Balaban J connectivity index is 1.61. The number of hydrogen-bond acceptors (Lipinski definition) is 6. The zero-order chi connectivity index (χ0) is 20.7. The number of aromatic amines is 1. The second kappa shape index (κ2) is 7.00. The van der Waals surface area contributed by atoms with Gasteiger partial charge in [-0.3, -0.25) is 4.79 Å². The van der Waals surface area contributed by atoms with Gasteiger partial charge in [-0.1, -0.05) is 17.2 Å². The van der Waals surface area contributed by atoms with Gasteiger partial charge < -0.3 is 20.0 Å². The SMILES string of the molecule is N#Cc1ccc(-c2[nH]c3ccc(F)cc3c2-c2nnc(N[C@H]3CCNC3=O)o2)cc1. The van der Waals surface area contributed by atoms with Crippen LogP contribution < -0.4 is 10.6 Å². The molecule has 1 fully saturated rings. The lowest BCUT2D eigenvalue weighted by Gasteiger charge is -2.05. The molecule has 3 heterocycles. The molecule has 2 aromatic carbocycles. The molecule has 3 N–H and O–H groups in total. The van der Waals surface area contributed by atoms with E-state index < -0.39 is 11.9 Å². The van der Waals surface area contributed by atoms with Crippen molar-refractivity contribution in [3.8, 4) is 28.8 Å².